The van der Waals surface area contributed by atoms with Crippen molar-refractivity contribution in [2.75, 3.05) is 12.3 Å². The molecule has 1 aromatic carbocycles. The predicted molar refractivity (Wildman–Crippen MR) is 69.1 cm³/mol. The number of rotatable bonds is 2. The first kappa shape index (κ1) is 12.4. The Bertz CT molecular complexity index is 465. The highest BCUT2D eigenvalue weighted by atomic mass is 16.2. The van der Waals surface area contributed by atoms with E-state index >= 15 is 0 Å². The summed E-state index contributed by atoms with van der Waals surface area (Å²) >= 11 is 0. The minimum Gasteiger partial charge on any atom is -0.398 e. The summed E-state index contributed by atoms with van der Waals surface area (Å²) in [7, 11) is 0. The second kappa shape index (κ2) is 5.08. The molecular weight excluding hydrogens is 230 g/mol. The molecule has 1 unspecified atom stereocenters. The van der Waals surface area contributed by atoms with Crippen molar-refractivity contribution in [2.45, 2.75) is 25.8 Å². The molecule has 0 aromatic heterocycles. The number of amides is 2. The Morgan fingerprint density at radius 3 is 2.94 bits per heavy atom. The molecule has 0 spiro atoms. The summed E-state index contributed by atoms with van der Waals surface area (Å²) in [6.07, 6.45) is 1.54. The van der Waals surface area contributed by atoms with E-state index in [9.17, 15) is 9.59 Å². The van der Waals surface area contributed by atoms with E-state index in [4.69, 9.17) is 5.73 Å². The molecule has 18 heavy (non-hydrogen) atoms. The summed E-state index contributed by atoms with van der Waals surface area (Å²) < 4.78 is 0. The lowest BCUT2D eigenvalue weighted by atomic mass is 10.0. The molecule has 1 aliphatic rings. The van der Waals surface area contributed by atoms with Crippen molar-refractivity contribution in [1.82, 2.24) is 10.6 Å². The number of anilines is 1. The molecule has 96 valence electrons. The van der Waals surface area contributed by atoms with Crippen LogP contribution in [0.2, 0.25) is 0 Å². The molecule has 1 atom stereocenters. The van der Waals surface area contributed by atoms with E-state index in [2.05, 4.69) is 10.6 Å². The van der Waals surface area contributed by atoms with E-state index in [1.165, 1.54) is 0 Å². The van der Waals surface area contributed by atoms with Gasteiger partial charge in [0.15, 0.2) is 0 Å². The maximum Gasteiger partial charge on any atom is 0.254 e. The second-order valence-corrected chi connectivity index (χ2v) is 4.50. The van der Waals surface area contributed by atoms with Crippen LogP contribution in [0.5, 0.6) is 0 Å². The monoisotopic (exact) mass is 247 g/mol. The number of aryl methyl sites for hydroxylation is 1. The van der Waals surface area contributed by atoms with Crippen LogP contribution in [0.25, 0.3) is 0 Å². The van der Waals surface area contributed by atoms with Gasteiger partial charge in [-0.15, -0.1) is 0 Å². The topological polar surface area (TPSA) is 84.2 Å². The molecule has 1 heterocycles. The van der Waals surface area contributed by atoms with Crippen LogP contribution >= 0.6 is 0 Å². The average molecular weight is 247 g/mol. The third-order valence-corrected chi connectivity index (χ3v) is 3.12. The maximum atomic E-state index is 12.1. The lowest BCUT2D eigenvalue weighted by Crippen LogP contribution is -2.50. The number of carbonyl (C=O) groups excluding carboxylic acids is 2. The number of piperidine rings is 1. The summed E-state index contributed by atoms with van der Waals surface area (Å²) in [6.45, 7) is 2.50. The van der Waals surface area contributed by atoms with Gasteiger partial charge in [0.05, 0.1) is 5.56 Å². The molecule has 4 N–H and O–H groups in total. The minimum atomic E-state index is -0.453. The van der Waals surface area contributed by atoms with Crippen LogP contribution in [0, 0.1) is 6.92 Å². The Morgan fingerprint density at radius 1 is 1.50 bits per heavy atom. The van der Waals surface area contributed by atoms with E-state index in [1.54, 1.807) is 12.1 Å². The third-order valence-electron chi connectivity index (χ3n) is 3.12. The van der Waals surface area contributed by atoms with Gasteiger partial charge < -0.3 is 16.4 Å². The minimum absolute atomic E-state index is 0.123. The van der Waals surface area contributed by atoms with E-state index in [0.29, 0.717) is 24.2 Å². The number of carbonyl (C=O) groups is 2. The summed E-state index contributed by atoms with van der Waals surface area (Å²) in [4.78, 5) is 23.7. The Balaban J connectivity index is 2.14. The number of nitrogens with one attached hydrogen (secondary N) is 2. The van der Waals surface area contributed by atoms with Gasteiger partial charge in [-0.25, -0.2) is 0 Å². The zero-order valence-electron chi connectivity index (χ0n) is 10.3. The summed E-state index contributed by atoms with van der Waals surface area (Å²) in [6, 6.07) is 4.86. The molecule has 1 saturated heterocycles. The first-order valence-electron chi connectivity index (χ1n) is 6.03. The van der Waals surface area contributed by atoms with E-state index < -0.39 is 6.04 Å². The molecule has 0 bridgehead atoms. The molecule has 1 aromatic rings. The van der Waals surface area contributed by atoms with Crippen LogP contribution in [-0.2, 0) is 4.79 Å². The van der Waals surface area contributed by atoms with Gasteiger partial charge in [0.25, 0.3) is 5.91 Å². The maximum absolute atomic E-state index is 12.1. The Morgan fingerprint density at radius 2 is 2.28 bits per heavy atom. The molecule has 2 amide bonds. The number of hydrogen-bond acceptors (Lipinski definition) is 3. The fraction of sp³-hybridized carbons (Fsp3) is 0.385. The Hall–Kier alpha value is -2.04. The highest BCUT2D eigenvalue weighted by Gasteiger charge is 2.25. The quantitative estimate of drug-likeness (QED) is 0.669. The van der Waals surface area contributed by atoms with E-state index in [-0.39, 0.29) is 11.8 Å². The second-order valence-electron chi connectivity index (χ2n) is 4.50. The zero-order valence-corrected chi connectivity index (χ0v) is 10.3. The van der Waals surface area contributed by atoms with Crippen molar-refractivity contribution in [3.63, 3.8) is 0 Å². The molecule has 1 fully saturated rings. The molecule has 0 saturated carbocycles. The average Bonchev–Trinajstić information content (AvgIpc) is 2.32. The van der Waals surface area contributed by atoms with Gasteiger partial charge >= 0.3 is 0 Å². The molecule has 0 radical (unpaired) electrons. The molecular formula is C13H17N3O2. The predicted octanol–water partition coefficient (Wildman–Crippen LogP) is 0.586. The largest absolute Gasteiger partial charge is 0.398 e. The first-order valence-corrected chi connectivity index (χ1v) is 6.03. The number of nitrogen functional groups attached to an aromatic ring is 1. The summed E-state index contributed by atoms with van der Waals surface area (Å²) in [5.41, 5.74) is 7.50. The van der Waals surface area contributed by atoms with Gasteiger partial charge in [0.2, 0.25) is 5.91 Å². The SMILES string of the molecule is Cc1cccc(N)c1C(=O)NC1CCCNC1=O. The third kappa shape index (κ3) is 2.45. The summed E-state index contributed by atoms with van der Waals surface area (Å²) in [5, 5.41) is 5.47. The highest BCUT2D eigenvalue weighted by Crippen LogP contribution is 2.16. The Kier molecular flexibility index (Phi) is 3.50. The van der Waals surface area contributed by atoms with Crippen molar-refractivity contribution in [3.8, 4) is 0 Å². The molecule has 1 aliphatic heterocycles. The smallest absolute Gasteiger partial charge is 0.254 e. The van der Waals surface area contributed by atoms with Gasteiger partial charge in [-0.1, -0.05) is 12.1 Å². The fourth-order valence-corrected chi connectivity index (χ4v) is 2.14. The lowest BCUT2D eigenvalue weighted by Gasteiger charge is -2.23. The standard InChI is InChI=1S/C13H17N3O2/c1-8-4-2-5-9(14)11(8)13(18)16-10-6-3-7-15-12(10)17/h2,4-5,10H,3,6-7,14H2,1H3,(H,15,17)(H,16,18). The van der Waals surface area contributed by atoms with Crippen molar-refractivity contribution in [3.05, 3.63) is 29.3 Å². The van der Waals surface area contributed by atoms with Gasteiger partial charge in [-0.3, -0.25) is 9.59 Å². The van der Waals surface area contributed by atoms with Crippen molar-refractivity contribution < 1.29 is 9.59 Å². The normalized spacial score (nSPS) is 19.2. The number of nitrogens with two attached hydrogens (primary N) is 1. The first-order chi connectivity index (χ1) is 8.59. The highest BCUT2D eigenvalue weighted by molar-refractivity contribution is 6.02. The molecule has 5 heteroatoms. The van der Waals surface area contributed by atoms with Crippen LogP contribution in [-0.4, -0.2) is 24.4 Å². The zero-order chi connectivity index (χ0) is 13.1. The molecule has 0 aliphatic carbocycles. The molecule has 2 rings (SSSR count). The van der Waals surface area contributed by atoms with Crippen molar-refractivity contribution in [2.24, 2.45) is 0 Å². The van der Waals surface area contributed by atoms with Gasteiger partial charge in [-0.05, 0) is 31.4 Å². The van der Waals surface area contributed by atoms with Crippen LogP contribution in [0.4, 0.5) is 5.69 Å². The molecule has 5 nitrogen and oxygen atoms in total. The van der Waals surface area contributed by atoms with Crippen molar-refractivity contribution in [1.29, 1.82) is 0 Å². The van der Waals surface area contributed by atoms with E-state index in [0.717, 1.165) is 12.0 Å². The lowest BCUT2D eigenvalue weighted by molar-refractivity contribution is -0.124. The van der Waals surface area contributed by atoms with Gasteiger partial charge in [0.1, 0.15) is 6.04 Å². The summed E-state index contributed by atoms with van der Waals surface area (Å²) in [5.74, 6) is -0.408. The van der Waals surface area contributed by atoms with Gasteiger partial charge in [-0.2, -0.15) is 0 Å². The van der Waals surface area contributed by atoms with Crippen LogP contribution in [0.1, 0.15) is 28.8 Å². The van der Waals surface area contributed by atoms with Crippen molar-refractivity contribution >= 4 is 17.5 Å². The number of hydrogen-bond donors (Lipinski definition) is 3. The van der Waals surface area contributed by atoms with Crippen LogP contribution < -0.4 is 16.4 Å². The van der Waals surface area contributed by atoms with Gasteiger partial charge in [0, 0.05) is 12.2 Å². The van der Waals surface area contributed by atoms with E-state index in [1.807, 2.05) is 13.0 Å². The van der Waals surface area contributed by atoms with Crippen LogP contribution in [0.3, 0.4) is 0 Å². The Labute approximate surface area is 106 Å². The number of benzene rings is 1. The van der Waals surface area contributed by atoms with Crippen LogP contribution in [0.15, 0.2) is 18.2 Å². The fourth-order valence-electron chi connectivity index (χ4n) is 2.14.